The molecule has 1 aromatic heterocycles. The number of carbonyl (C=O) groups is 3. The van der Waals surface area contributed by atoms with Gasteiger partial charge in [0.2, 0.25) is 0 Å². The Kier molecular flexibility index (Phi) is 3.03. The van der Waals surface area contributed by atoms with E-state index in [-0.39, 0.29) is 22.5 Å². The Morgan fingerprint density at radius 2 is 1.75 bits per heavy atom. The van der Waals surface area contributed by atoms with Crippen LogP contribution in [-0.4, -0.2) is 32.9 Å². The van der Waals surface area contributed by atoms with Crippen LogP contribution in [0.1, 0.15) is 43.8 Å². The predicted octanol–water partition coefficient (Wildman–Crippen LogP) is 0.989. The zero-order valence-corrected chi connectivity index (χ0v) is 8.64. The molecule has 0 amide bonds. The maximum absolute atomic E-state index is 11.2. The minimum Gasteiger partial charge on any atom is -0.478 e. The van der Waals surface area contributed by atoms with Crippen LogP contribution >= 0.6 is 0 Å². The lowest BCUT2D eigenvalue weighted by Crippen LogP contribution is -2.13. The van der Waals surface area contributed by atoms with Crippen LogP contribution in [-0.2, 0) is 0 Å². The Labute approximate surface area is 90.5 Å². The van der Waals surface area contributed by atoms with E-state index in [0.29, 0.717) is 0 Å². The van der Waals surface area contributed by atoms with Gasteiger partial charge < -0.3 is 10.2 Å². The first kappa shape index (κ1) is 11.8. The average molecular weight is 223 g/mol. The number of carboxylic acids is 2. The molecule has 0 radical (unpaired) electrons. The lowest BCUT2D eigenvalue weighted by molar-refractivity contribution is 0.0688. The van der Waals surface area contributed by atoms with E-state index in [4.69, 9.17) is 10.2 Å². The zero-order valence-electron chi connectivity index (χ0n) is 8.64. The first-order valence-corrected chi connectivity index (χ1v) is 4.33. The predicted molar refractivity (Wildman–Crippen MR) is 52.9 cm³/mol. The fourth-order valence-corrected chi connectivity index (χ4v) is 1.40. The largest absolute Gasteiger partial charge is 0.478 e. The van der Waals surface area contributed by atoms with Crippen molar-refractivity contribution >= 4 is 17.7 Å². The van der Waals surface area contributed by atoms with Crippen LogP contribution in [0.25, 0.3) is 0 Å². The number of ketones is 1. The molecule has 6 nitrogen and oxygen atoms in total. The number of carboxylic acid groups (broad SMARTS) is 2. The number of Topliss-reactive ketones (excluding diaryl/α,β-unsaturated/α-hetero) is 1. The van der Waals surface area contributed by atoms with E-state index in [0.717, 1.165) is 6.07 Å². The molecule has 0 saturated heterocycles. The summed E-state index contributed by atoms with van der Waals surface area (Å²) in [5.74, 6) is -3.14. The highest BCUT2D eigenvalue weighted by molar-refractivity contribution is 6.06. The zero-order chi connectivity index (χ0) is 12.5. The van der Waals surface area contributed by atoms with Crippen LogP contribution in [0.5, 0.6) is 0 Å². The van der Waals surface area contributed by atoms with E-state index in [9.17, 15) is 14.4 Å². The van der Waals surface area contributed by atoms with Gasteiger partial charge in [-0.3, -0.25) is 4.79 Å². The third-order valence-electron chi connectivity index (χ3n) is 2.00. The van der Waals surface area contributed by atoms with Crippen LogP contribution in [0.3, 0.4) is 0 Å². The highest BCUT2D eigenvalue weighted by Crippen LogP contribution is 2.15. The standard InChI is InChI=1S/C10H9NO5/c1-4-8(5(2)12)6(9(13)14)3-7(11-4)10(15)16/h3H,1-2H3,(H,13,14)(H,15,16). The second-order valence-corrected chi connectivity index (χ2v) is 3.18. The number of nitrogens with zero attached hydrogens (tertiary/aromatic N) is 1. The summed E-state index contributed by atoms with van der Waals surface area (Å²) in [6.45, 7) is 2.60. The van der Waals surface area contributed by atoms with E-state index >= 15 is 0 Å². The number of rotatable bonds is 3. The van der Waals surface area contributed by atoms with Crippen LogP contribution < -0.4 is 0 Å². The molecule has 0 unspecified atom stereocenters. The molecular weight excluding hydrogens is 214 g/mol. The van der Waals surface area contributed by atoms with Gasteiger partial charge in [-0.1, -0.05) is 0 Å². The summed E-state index contributed by atoms with van der Waals surface area (Å²) in [4.78, 5) is 36.4. The van der Waals surface area contributed by atoms with Crippen molar-refractivity contribution in [3.63, 3.8) is 0 Å². The highest BCUT2D eigenvalue weighted by atomic mass is 16.4. The third-order valence-corrected chi connectivity index (χ3v) is 2.00. The summed E-state index contributed by atoms with van der Waals surface area (Å²) in [7, 11) is 0. The second kappa shape index (κ2) is 4.09. The monoisotopic (exact) mass is 223 g/mol. The van der Waals surface area contributed by atoms with Gasteiger partial charge in [-0.05, 0) is 19.9 Å². The van der Waals surface area contributed by atoms with Gasteiger partial charge >= 0.3 is 11.9 Å². The average Bonchev–Trinajstić information content (AvgIpc) is 2.15. The van der Waals surface area contributed by atoms with Crippen LogP contribution in [0.15, 0.2) is 6.07 Å². The van der Waals surface area contributed by atoms with Crippen molar-refractivity contribution in [3.8, 4) is 0 Å². The van der Waals surface area contributed by atoms with Gasteiger partial charge in [-0.15, -0.1) is 0 Å². The van der Waals surface area contributed by atoms with Crippen molar-refractivity contribution in [3.05, 3.63) is 28.6 Å². The lowest BCUT2D eigenvalue weighted by Gasteiger charge is -2.07. The van der Waals surface area contributed by atoms with Gasteiger partial charge in [-0.25, -0.2) is 14.6 Å². The van der Waals surface area contributed by atoms with Crippen LogP contribution in [0.4, 0.5) is 0 Å². The number of hydrogen-bond acceptors (Lipinski definition) is 4. The Balaban J connectivity index is 3.58. The maximum Gasteiger partial charge on any atom is 0.354 e. The van der Waals surface area contributed by atoms with Gasteiger partial charge in [0.15, 0.2) is 5.78 Å². The van der Waals surface area contributed by atoms with Crippen LogP contribution in [0.2, 0.25) is 0 Å². The van der Waals surface area contributed by atoms with Gasteiger partial charge in [-0.2, -0.15) is 0 Å². The molecule has 84 valence electrons. The lowest BCUT2D eigenvalue weighted by atomic mass is 10.0. The van der Waals surface area contributed by atoms with Crippen molar-refractivity contribution in [1.82, 2.24) is 4.98 Å². The molecule has 1 rings (SSSR count). The Bertz CT molecular complexity index is 492. The summed E-state index contributed by atoms with van der Waals surface area (Å²) < 4.78 is 0. The van der Waals surface area contributed by atoms with Gasteiger partial charge in [0.1, 0.15) is 5.69 Å². The summed E-state index contributed by atoms with van der Waals surface area (Å²) >= 11 is 0. The molecule has 0 aliphatic carbocycles. The molecule has 0 atom stereocenters. The van der Waals surface area contributed by atoms with Crippen molar-refractivity contribution in [2.45, 2.75) is 13.8 Å². The Morgan fingerprint density at radius 3 is 2.12 bits per heavy atom. The summed E-state index contributed by atoms with van der Waals surface area (Å²) in [6.07, 6.45) is 0. The molecule has 1 heterocycles. The summed E-state index contributed by atoms with van der Waals surface area (Å²) in [6, 6.07) is 0.883. The maximum atomic E-state index is 11.2. The van der Waals surface area contributed by atoms with Gasteiger partial charge in [0, 0.05) is 5.69 Å². The second-order valence-electron chi connectivity index (χ2n) is 3.18. The number of aryl methyl sites for hydroxylation is 1. The molecule has 2 N–H and O–H groups in total. The SMILES string of the molecule is CC(=O)c1c(C(=O)O)cc(C(=O)O)nc1C. The fraction of sp³-hybridized carbons (Fsp3) is 0.200. The smallest absolute Gasteiger partial charge is 0.354 e. The number of carbonyl (C=O) groups excluding carboxylic acids is 1. The van der Waals surface area contributed by atoms with Crippen molar-refractivity contribution in [1.29, 1.82) is 0 Å². The molecule has 0 aliphatic rings. The van der Waals surface area contributed by atoms with E-state index in [1.807, 2.05) is 0 Å². The molecule has 0 aromatic carbocycles. The first-order valence-electron chi connectivity index (χ1n) is 4.33. The summed E-state index contributed by atoms with van der Waals surface area (Å²) in [5, 5.41) is 17.6. The minimum atomic E-state index is -1.35. The van der Waals surface area contributed by atoms with Crippen LogP contribution in [0, 0.1) is 6.92 Å². The molecule has 0 spiro atoms. The van der Waals surface area contributed by atoms with E-state index in [2.05, 4.69) is 4.98 Å². The molecule has 0 saturated carbocycles. The fourth-order valence-electron chi connectivity index (χ4n) is 1.40. The van der Waals surface area contributed by atoms with Crippen molar-refractivity contribution in [2.75, 3.05) is 0 Å². The Morgan fingerprint density at radius 1 is 1.19 bits per heavy atom. The molecule has 0 bridgehead atoms. The minimum absolute atomic E-state index is 0.0579. The molecule has 16 heavy (non-hydrogen) atoms. The number of aromatic carboxylic acids is 2. The van der Waals surface area contributed by atoms with E-state index in [1.165, 1.54) is 13.8 Å². The van der Waals surface area contributed by atoms with E-state index < -0.39 is 17.7 Å². The molecular formula is C10H9NO5. The van der Waals surface area contributed by atoms with Crippen molar-refractivity contribution in [2.24, 2.45) is 0 Å². The number of aromatic nitrogens is 1. The summed E-state index contributed by atoms with van der Waals surface area (Å²) in [5.41, 5.74) is -0.681. The number of pyridine rings is 1. The topological polar surface area (TPSA) is 105 Å². The highest BCUT2D eigenvalue weighted by Gasteiger charge is 2.20. The number of hydrogen-bond donors (Lipinski definition) is 2. The van der Waals surface area contributed by atoms with E-state index in [1.54, 1.807) is 0 Å². The quantitative estimate of drug-likeness (QED) is 0.740. The molecule has 0 fully saturated rings. The van der Waals surface area contributed by atoms with Gasteiger partial charge in [0.25, 0.3) is 0 Å². The third kappa shape index (κ3) is 2.05. The molecule has 6 heteroatoms. The molecule has 0 aliphatic heterocycles. The normalized spacial score (nSPS) is 9.88. The Hall–Kier alpha value is -2.24. The first-order chi connectivity index (χ1) is 7.34. The molecule has 1 aromatic rings. The van der Waals surface area contributed by atoms with Crippen molar-refractivity contribution < 1.29 is 24.6 Å². The van der Waals surface area contributed by atoms with Gasteiger partial charge in [0.05, 0.1) is 11.1 Å².